The predicted molar refractivity (Wildman–Crippen MR) is 95.6 cm³/mol. The summed E-state index contributed by atoms with van der Waals surface area (Å²) < 4.78 is 6.15. The molecule has 0 atom stereocenters. The summed E-state index contributed by atoms with van der Waals surface area (Å²) in [4.78, 5) is 36.2. The fourth-order valence-electron chi connectivity index (χ4n) is 2.22. The highest BCUT2D eigenvalue weighted by atomic mass is 32.2. The van der Waals surface area contributed by atoms with E-state index in [9.17, 15) is 14.4 Å². The summed E-state index contributed by atoms with van der Waals surface area (Å²) in [6, 6.07) is 13.4. The van der Waals surface area contributed by atoms with Crippen LogP contribution in [-0.4, -0.2) is 32.6 Å². The number of esters is 1. The Morgan fingerprint density at radius 1 is 1.12 bits per heavy atom. The Morgan fingerprint density at radius 2 is 1.85 bits per heavy atom. The Kier molecular flexibility index (Phi) is 5.28. The van der Waals surface area contributed by atoms with Gasteiger partial charge < -0.3 is 10.5 Å². The van der Waals surface area contributed by atoms with Crippen molar-refractivity contribution in [2.45, 2.75) is 11.6 Å². The van der Waals surface area contributed by atoms with Crippen LogP contribution in [0.5, 0.6) is 0 Å². The van der Waals surface area contributed by atoms with Crippen molar-refractivity contribution < 1.29 is 14.3 Å². The van der Waals surface area contributed by atoms with Gasteiger partial charge in [-0.15, -0.1) is 16.9 Å². The first-order valence-electron chi connectivity index (χ1n) is 7.56. The minimum atomic E-state index is -0.639. The second-order valence-electron chi connectivity index (χ2n) is 5.22. The Bertz CT molecular complexity index is 1030. The average molecular weight is 370 g/mol. The van der Waals surface area contributed by atoms with Crippen molar-refractivity contribution in [1.29, 1.82) is 0 Å². The zero-order valence-electron chi connectivity index (χ0n) is 13.5. The molecule has 8 nitrogen and oxygen atoms in total. The fraction of sp³-hybridized carbons (Fsp3) is 0.118. The number of nitrogens with two attached hydrogens (primary N) is 1. The summed E-state index contributed by atoms with van der Waals surface area (Å²) in [6.07, 6.45) is 0. The van der Waals surface area contributed by atoms with Gasteiger partial charge >= 0.3 is 5.97 Å². The minimum absolute atomic E-state index is 0.0416. The van der Waals surface area contributed by atoms with Crippen LogP contribution < -0.4 is 11.3 Å². The molecule has 0 bridgehead atoms. The second-order valence-corrected chi connectivity index (χ2v) is 6.24. The minimum Gasteiger partial charge on any atom is -0.439 e. The number of nitrogens with zero attached hydrogens (tertiary/aromatic N) is 3. The number of hydrogen-bond donors (Lipinski definition) is 1. The highest BCUT2D eigenvalue weighted by Gasteiger charge is 2.14. The number of carbonyl (C=O) groups excluding carboxylic acids is 2. The van der Waals surface area contributed by atoms with Crippen molar-refractivity contribution in [3.8, 4) is 0 Å². The van der Waals surface area contributed by atoms with Crippen LogP contribution in [0.4, 0.5) is 0 Å². The molecule has 0 spiro atoms. The van der Waals surface area contributed by atoms with Gasteiger partial charge in [-0.3, -0.25) is 9.59 Å². The third kappa shape index (κ3) is 3.89. The smallest absolute Gasteiger partial charge is 0.341 e. The molecule has 0 saturated carbocycles. The number of aromatic nitrogens is 3. The molecule has 1 heterocycles. The molecule has 0 unspecified atom stereocenters. The normalized spacial score (nSPS) is 10.6. The maximum absolute atomic E-state index is 12.3. The van der Waals surface area contributed by atoms with E-state index in [1.807, 2.05) is 0 Å². The van der Waals surface area contributed by atoms with Crippen molar-refractivity contribution in [3.63, 3.8) is 0 Å². The molecule has 3 aromatic rings. The highest BCUT2D eigenvalue weighted by molar-refractivity contribution is 8.00. The lowest BCUT2D eigenvalue weighted by molar-refractivity contribution is -0.115. The summed E-state index contributed by atoms with van der Waals surface area (Å²) in [5.74, 6) is -1.09. The van der Waals surface area contributed by atoms with Crippen LogP contribution in [0.3, 0.4) is 0 Å². The van der Waals surface area contributed by atoms with Crippen LogP contribution in [0.15, 0.2) is 58.2 Å². The first kappa shape index (κ1) is 17.6. The summed E-state index contributed by atoms with van der Waals surface area (Å²) in [6.45, 7) is -0.371. The van der Waals surface area contributed by atoms with E-state index in [-0.39, 0.29) is 18.0 Å². The molecule has 0 aliphatic carbocycles. The summed E-state index contributed by atoms with van der Waals surface area (Å²) in [5, 5.41) is 8.07. The third-order valence-corrected chi connectivity index (χ3v) is 4.52. The van der Waals surface area contributed by atoms with E-state index in [1.54, 1.807) is 48.5 Å². The largest absolute Gasteiger partial charge is 0.439 e. The first-order valence-corrected chi connectivity index (χ1v) is 8.54. The van der Waals surface area contributed by atoms with Gasteiger partial charge in [0.2, 0.25) is 5.91 Å². The van der Waals surface area contributed by atoms with E-state index in [0.717, 1.165) is 16.4 Å². The molecule has 2 N–H and O–H groups in total. The topological polar surface area (TPSA) is 117 Å². The third-order valence-electron chi connectivity index (χ3n) is 3.42. The molecule has 2 aromatic carbocycles. The van der Waals surface area contributed by atoms with E-state index in [0.29, 0.717) is 15.8 Å². The molecule has 9 heteroatoms. The number of thioether (sulfide) groups is 1. The van der Waals surface area contributed by atoms with Gasteiger partial charge in [-0.05, 0) is 24.3 Å². The monoisotopic (exact) mass is 370 g/mol. The molecule has 0 radical (unpaired) electrons. The van der Waals surface area contributed by atoms with Gasteiger partial charge in [-0.2, -0.15) is 4.68 Å². The van der Waals surface area contributed by atoms with Crippen LogP contribution in [0.1, 0.15) is 10.4 Å². The lowest BCUT2D eigenvalue weighted by atomic mass is 10.2. The number of rotatable bonds is 6. The molecule has 0 fully saturated rings. The van der Waals surface area contributed by atoms with Crippen molar-refractivity contribution in [1.82, 2.24) is 15.0 Å². The molecule has 132 valence electrons. The summed E-state index contributed by atoms with van der Waals surface area (Å²) in [5.41, 5.74) is 5.48. The predicted octanol–water partition coefficient (Wildman–Crippen LogP) is 1.18. The van der Waals surface area contributed by atoms with Crippen LogP contribution >= 0.6 is 11.8 Å². The van der Waals surface area contributed by atoms with Crippen LogP contribution in [0.25, 0.3) is 10.9 Å². The van der Waals surface area contributed by atoms with E-state index < -0.39 is 17.4 Å². The molecular formula is C17H14N4O4S. The Labute approximate surface area is 151 Å². The van der Waals surface area contributed by atoms with Crippen molar-refractivity contribution in [3.05, 3.63) is 64.4 Å². The van der Waals surface area contributed by atoms with Crippen molar-refractivity contribution in [2.24, 2.45) is 5.73 Å². The van der Waals surface area contributed by atoms with Crippen LogP contribution in [-0.2, 0) is 16.3 Å². The van der Waals surface area contributed by atoms with Gasteiger partial charge in [-0.25, -0.2) is 4.79 Å². The standard InChI is InChI=1S/C17H14N4O4S/c18-15(22)9-26-14-8-4-2-6-12(14)17(24)25-10-21-16(23)11-5-1-3-7-13(11)19-20-21/h1-8H,9-10H2,(H2,18,22). The maximum Gasteiger partial charge on any atom is 0.341 e. The fourth-order valence-corrected chi connectivity index (χ4v) is 2.99. The lowest BCUT2D eigenvalue weighted by Gasteiger charge is -2.09. The number of amides is 1. The summed E-state index contributed by atoms with van der Waals surface area (Å²) >= 11 is 1.14. The van der Waals surface area contributed by atoms with Crippen LogP contribution in [0.2, 0.25) is 0 Å². The van der Waals surface area contributed by atoms with Gasteiger partial charge in [0, 0.05) is 4.90 Å². The molecule has 3 rings (SSSR count). The van der Waals surface area contributed by atoms with Gasteiger partial charge in [0.05, 0.1) is 16.7 Å². The molecule has 0 aliphatic heterocycles. The van der Waals surface area contributed by atoms with Crippen molar-refractivity contribution in [2.75, 3.05) is 5.75 Å². The number of primary amides is 1. The van der Waals surface area contributed by atoms with Crippen LogP contribution in [0, 0.1) is 0 Å². The number of benzene rings is 2. The molecule has 0 saturated heterocycles. The Morgan fingerprint density at radius 3 is 2.65 bits per heavy atom. The van der Waals surface area contributed by atoms with Gasteiger partial charge in [0.15, 0.2) is 6.73 Å². The zero-order valence-corrected chi connectivity index (χ0v) is 14.3. The summed E-state index contributed by atoms with van der Waals surface area (Å²) in [7, 11) is 0. The molecule has 1 aromatic heterocycles. The Balaban J connectivity index is 1.77. The lowest BCUT2D eigenvalue weighted by Crippen LogP contribution is -2.26. The quantitative estimate of drug-likeness (QED) is 0.511. The second kappa shape index (κ2) is 7.79. The van der Waals surface area contributed by atoms with Gasteiger partial charge in [0.25, 0.3) is 5.56 Å². The number of ether oxygens (including phenoxy) is 1. The number of carbonyl (C=O) groups is 2. The zero-order chi connectivity index (χ0) is 18.5. The number of hydrogen-bond acceptors (Lipinski definition) is 7. The Hall–Kier alpha value is -3.20. The van der Waals surface area contributed by atoms with E-state index in [4.69, 9.17) is 10.5 Å². The van der Waals surface area contributed by atoms with E-state index in [1.165, 1.54) is 0 Å². The van der Waals surface area contributed by atoms with E-state index >= 15 is 0 Å². The SMILES string of the molecule is NC(=O)CSc1ccccc1C(=O)OCn1nnc2ccccc2c1=O. The first-order chi connectivity index (χ1) is 12.6. The van der Waals surface area contributed by atoms with Crippen molar-refractivity contribution >= 4 is 34.5 Å². The number of fused-ring (bicyclic) bond motifs is 1. The molecule has 26 heavy (non-hydrogen) atoms. The van der Waals surface area contributed by atoms with E-state index in [2.05, 4.69) is 10.3 Å². The highest BCUT2D eigenvalue weighted by Crippen LogP contribution is 2.23. The average Bonchev–Trinajstić information content (AvgIpc) is 2.66. The molecule has 1 amide bonds. The van der Waals surface area contributed by atoms with Gasteiger partial charge in [-0.1, -0.05) is 29.5 Å². The maximum atomic E-state index is 12.3. The molecule has 0 aliphatic rings. The molecular weight excluding hydrogens is 356 g/mol. The van der Waals surface area contributed by atoms with Gasteiger partial charge in [0.1, 0.15) is 5.52 Å².